The number of nitrogens with two attached hydrogens (primary N) is 1. The Morgan fingerprint density at radius 1 is 1.40 bits per heavy atom. The SMILES string of the molecule is CSc1cccc(N(C)CCN2CCCC2)c1C(N)=S. The van der Waals surface area contributed by atoms with Gasteiger partial charge in [-0.3, -0.25) is 0 Å². The summed E-state index contributed by atoms with van der Waals surface area (Å²) in [5.41, 5.74) is 8.08. The van der Waals surface area contributed by atoms with E-state index in [-0.39, 0.29) is 0 Å². The third-order valence-corrected chi connectivity index (χ3v) is 4.82. The van der Waals surface area contributed by atoms with Crippen LogP contribution in [0.4, 0.5) is 5.69 Å². The van der Waals surface area contributed by atoms with Crippen molar-refractivity contribution in [3.8, 4) is 0 Å². The van der Waals surface area contributed by atoms with E-state index in [2.05, 4.69) is 41.3 Å². The predicted molar refractivity (Wildman–Crippen MR) is 93.1 cm³/mol. The molecule has 110 valence electrons. The van der Waals surface area contributed by atoms with Gasteiger partial charge in [0.15, 0.2) is 0 Å². The van der Waals surface area contributed by atoms with Crippen molar-refractivity contribution < 1.29 is 0 Å². The molecule has 3 nitrogen and oxygen atoms in total. The van der Waals surface area contributed by atoms with Gasteiger partial charge in [0.05, 0.1) is 0 Å². The summed E-state index contributed by atoms with van der Waals surface area (Å²) in [5.74, 6) is 0. The van der Waals surface area contributed by atoms with E-state index in [0.29, 0.717) is 4.99 Å². The summed E-state index contributed by atoms with van der Waals surface area (Å²) in [6, 6.07) is 6.27. The first-order valence-electron chi connectivity index (χ1n) is 7.03. The van der Waals surface area contributed by atoms with Gasteiger partial charge in [0, 0.05) is 36.3 Å². The molecule has 1 aliphatic rings. The number of rotatable bonds is 6. The topological polar surface area (TPSA) is 32.5 Å². The van der Waals surface area contributed by atoms with Crippen molar-refractivity contribution in [2.24, 2.45) is 5.73 Å². The highest BCUT2D eigenvalue weighted by Crippen LogP contribution is 2.29. The Labute approximate surface area is 131 Å². The van der Waals surface area contributed by atoms with Crippen LogP contribution in [0.2, 0.25) is 0 Å². The minimum Gasteiger partial charge on any atom is -0.389 e. The Morgan fingerprint density at radius 3 is 2.70 bits per heavy atom. The van der Waals surface area contributed by atoms with Gasteiger partial charge in [0.1, 0.15) is 4.99 Å². The molecule has 0 aliphatic carbocycles. The third-order valence-electron chi connectivity index (χ3n) is 3.83. The Kier molecular flexibility index (Phi) is 5.69. The van der Waals surface area contributed by atoms with E-state index in [0.717, 1.165) is 29.2 Å². The molecule has 1 fully saturated rings. The first-order valence-corrected chi connectivity index (χ1v) is 8.67. The van der Waals surface area contributed by atoms with E-state index in [1.807, 2.05) is 0 Å². The van der Waals surface area contributed by atoms with Crippen molar-refractivity contribution in [3.63, 3.8) is 0 Å². The number of hydrogen-bond donors (Lipinski definition) is 1. The summed E-state index contributed by atoms with van der Waals surface area (Å²) in [4.78, 5) is 6.43. The lowest BCUT2D eigenvalue weighted by molar-refractivity contribution is 0.346. The van der Waals surface area contributed by atoms with Crippen LogP contribution in [-0.2, 0) is 0 Å². The van der Waals surface area contributed by atoms with Crippen molar-refractivity contribution in [2.45, 2.75) is 17.7 Å². The molecule has 5 heteroatoms. The normalized spacial score (nSPS) is 15.5. The number of likely N-dealkylation sites (N-methyl/N-ethyl adjacent to an activating group) is 1. The van der Waals surface area contributed by atoms with Crippen molar-refractivity contribution in [3.05, 3.63) is 23.8 Å². The van der Waals surface area contributed by atoms with Crippen LogP contribution in [0.15, 0.2) is 23.1 Å². The maximum atomic E-state index is 5.93. The zero-order valence-electron chi connectivity index (χ0n) is 12.3. The van der Waals surface area contributed by atoms with E-state index in [1.165, 1.54) is 25.9 Å². The largest absolute Gasteiger partial charge is 0.389 e. The second kappa shape index (κ2) is 7.29. The molecule has 2 rings (SSSR count). The van der Waals surface area contributed by atoms with Crippen LogP contribution in [0.3, 0.4) is 0 Å². The fourth-order valence-corrected chi connectivity index (χ4v) is 3.59. The Hall–Kier alpha value is -0.780. The van der Waals surface area contributed by atoms with Gasteiger partial charge in [0.2, 0.25) is 0 Å². The van der Waals surface area contributed by atoms with E-state index < -0.39 is 0 Å². The zero-order valence-corrected chi connectivity index (χ0v) is 13.9. The van der Waals surface area contributed by atoms with Gasteiger partial charge in [-0.25, -0.2) is 0 Å². The van der Waals surface area contributed by atoms with E-state index >= 15 is 0 Å². The number of hydrogen-bond acceptors (Lipinski definition) is 4. The van der Waals surface area contributed by atoms with Gasteiger partial charge in [-0.15, -0.1) is 11.8 Å². The van der Waals surface area contributed by atoms with Crippen LogP contribution in [0.1, 0.15) is 18.4 Å². The van der Waals surface area contributed by atoms with Crippen molar-refractivity contribution in [1.82, 2.24) is 4.90 Å². The van der Waals surface area contributed by atoms with Crippen LogP contribution < -0.4 is 10.6 Å². The average Bonchev–Trinajstić information content (AvgIpc) is 2.96. The first-order chi connectivity index (χ1) is 9.63. The highest BCUT2D eigenvalue weighted by atomic mass is 32.2. The third kappa shape index (κ3) is 3.65. The molecule has 2 N–H and O–H groups in total. The van der Waals surface area contributed by atoms with Gasteiger partial charge >= 0.3 is 0 Å². The van der Waals surface area contributed by atoms with Gasteiger partial charge in [-0.2, -0.15) is 0 Å². The van der Waals surface area contributed by atoms with Gasteiger partial charge < -0.3 is 15.5 Å². The van der Waals surface area contributed by atoms with E-state index in [4.69, 9.17) is 18.0 Å². The number of thiocarbonyl (C=S) groups is 1. The molecule has 0 bridgehead atoms. The van der Waals surface area contributed by atoms with Gasteiger partial charge in [0.25, 0.3) is 0 Å². The molecule has 0 atom stereocenters. The molecule has 0 saturated carbocycles. The second-order valence-electron chi connectivity index (χ2n) is 5.19. The van der Waals surface area contributed by atoms with Crippen LogP contribution >= 0.6 is 24.0 Å². The molecule has 0 unspecified atom stereocenters. The van der Waals surface area contributed by atoms with Gasteiger partial charge in [-0.05, 0) is 44.3 Å². The van der Waals surface area contributed by atoms with Crippen LogP contribution in [-0.4, -0.2) is 49.4 Å². The molecule has 1 aliphatic heterocycles. The smallest absolute Gasteiger partial charge is 0.107 e. The van der Waals surface area contributed by atoms with Gasteiger partial charge in [-0.1, -0.05) is 18.3 Å². The lowest BCUT2D eigenvalue weighted by Crippen LogP contribution is -2.32. The van der Waals surface area contributed by atoms with Crippen LogP contribution in [0, 0.1) is 0 Å². The summed E-state index contributed by atoms with van der Waals surface area (Å²) in [5, 5.41) is 0. The number of benzene rings is 1. The molecular weight excluding hydrogens is 286 g/mol. The first kappa shape index (κ1) is 15.6. The summed E-state index contributed by atoms with van der Waals surface area (Å²) in [6.07, 6.45) is 4.73. The Balaban J connectivity index is 2.11. The van der Waals surface area contributed by atoms with Crippen molar-refractivity contribution >= 4 is 34.7 Å². The van der Waals surface area contributed by atoms with Crippen LogP contribution in [0.5, 0.6) is 0 Å². The molecule has 0 aromatic heterocycles. The maximum Gasteiger partial charge on any atom is 0.107 e. The number of anilines is 1. The van der Waals surface area contributed by atoms with Crippen LogP contribution in [0.25, 0.3) is 0 Å². The minimum atomic E-state index is 0.484. The lowest BCUT2D eigenvalue weighted by atomic mass is 10.1. The standard InChI is InChI=1S/C15H23N3S2/c1-17(10-11-18-8-3-4-9-18)12-6-5-7-13(20-2)14(12)15(16)19/h5-7H,3-4,8-11H2,1-2H3,(H2,16,19). The summed E-state index contributed by atoms with van der Waals surface area (Å²) in [6.45, 7) is 4.59. The van der Waals surface area contributed by atoms with E-state index in [9.17, 15) is 0 Å². The van der Waals surface area contributed by atoms with Crippen molar-refractivity contribution in [2.75, 3.05) is 44.4 Å². The molecule has 1 aromatic carbocycles. The molecule has 1 aromatic rings. The highest BCUT2D eigenvalue weighted by Gasteiger charge is 2.16. The Bertz CT molecular complexity index is 470. The number of thioether (sulfide) groups is 1. The molecule has 0 amide bonds. The number of likely N-dealkylation sites (tertiary alicyclic amines) is 1. The second-order valence-corrected chi connectivity index (χ2v) is 6.48. The Morgan fingerprint density at radius 2 is 2.10 bits per heavy atom. The zero-order chi connectivity index (χ0) is 14.5. The molecule has 0 radical (unpaired) electrons. The molecule has 1 saturated heterocycles. The van der Waals surface area contributed by atoms with Crippen molar-refractivity contribution in [1.29, 1.82) is 0 Å². The fourth-order valence-electron chi connectivity index (χ4n) is 2.67. The highest BCUT2D eigenvalue weighted by molar-refractivity contribution is 7.98. The number of nitrogens with zero attached hydrogens (tertiary/aromatic N) is 2. The monoisotopic (exact) mass is 309 g/mol. The molecule has 0 spiro atoms. The fraction of sp³-hybridized carbons (Fsp3) is 0.533. The predicted octanol–water partition coefficient (Wildman–Crippen LogP) is 2.57. The maximum absolute atomic E-state index is 5.93. The summed E-state index contributed by atoms with van der Waals surface area (Å²) < 4.78 is 0. The van der Waals surface area contributed by atoms with E-state index in [1.54, 1.807) is 11.8 Å². The summed E-state index contributed by atoms with van der Waals surface area (Å²) >= 11 is 6.94. The lowest BCUT2D eigenvalue weighted by Gasteiger charge is -2.26. The summed E-state index contributed by atoms with van der Waals surface area (Å²) in [7, 11) is 2.12. The molecule has 20 heavy (non-hydrogen) atoms. The quantitative estimate of drug-likeness (QED) is 0.645. The minimum absolute atomic E-state index is 0.484. The molecule has 1 heterocycles. The molecular formula is C15H23N3S2. The average molecular weight is 310 g/mol.